The third-order valence-corrected chi connectivity index (χ3v) is 1.61. The first-order chi connectivity index (χ1) is 5.79. The van der Waals surface area contributed by atoms with Crippen molar-refractivity contribution in [1.29, 1.82) is 0 Å². The van der Waals surface area contributed by atoms with Gasteiger partial charge in [-0.15, -0.1) is 5.10 Å². The highest BCUT2D eigenvalue weighted by Crippen LogP contribution is 1.99. The van der Waals surface area contributed by atoms with Crippen molar-refractivity contribution in [3.63, 3.8) is 0 Å². The Bertz CT molecular complexity index is 476. The van der Waals surface area contributed by atoms with E-state index < -0.39 is 0 Å². The second-order valence-corrected chi connectivity index (χ2v) is 2.43. The molecule has 0 unspecified atom stereocenters. The second kappa shape index (κ2) is 2.37. The minimum absolute atomic E-state index is 0.266. The summed E-state index contributed by atoms with van der Waals surface area (Å²) in [6.45, 7) is 0. The fourth-order valence-electron chi connectivity index (χ4n) is 1.02. The maximum absolute atomic E-state index is 11.1. The van der Waals surface area contributed by atoms with Gasteiger partial charge in [-0.3, -0.25) is 4.79 Å². The summed E-state index contributed by atoms with van der Waals surface area (Å²) in [6.07, 6.45) is 2.91. The van der Waals surface area contributed by atoms with E-state index in [1.807, 2.05) is 0 Å². The molecular formula is C7H6N4O. The Morgan fingerprint density at radius 1 is 1.50 bits per heavy atom. The normalized spacial score (nSPS) is 10.4. The summed E-state index contributed by atoms with van der Waals surface area (Å²) in [6, 6.07) is 1.61. The molecule has 0 radical (unpaired) electrons. The van der Waals surface area contributed by atoms with Crippen molar-refractivity contribution in [3.05, 3.63) is 28.9 Å². The minimum atomic E-state index is -0.266. The second-order valence-electron chi connectivity index (χ2n) is 2.43. The van der Waals surface area contributed by atoms with Crippen LogP contribution in [0.15, 0.2) is 23.4 Å². The van der Waals surface area contributed by atoms with Crippen LogP contribution < -0.4 is 5.56 Å². The smallest absolute Gasteiger partial charge is 0.282 e. The predicted molar refractivity (Wildman–Crippen MR) is 42.6 cm³/mol. The Labute approximate surface area is 67.7 Å². The number of aryl methyl sites for hydroxylation is 1. The summed E-state index contributed by atoms with van der Waals surface area (Å²) in [7, 11) is 1.77. The molecule has 2 aromatic rings. The van der Waals surface area contributed by atoms with Gasteiger partial charge in [0.2, 0.25) is 0 Å². The van der Waals surface area contributed by atoms with E-state index in [1.165, 1.54) is 12.5 Å². The molecule has 0 aromatic carbocycles. The van der Waals surface area contributed by atoms with Crippen molar-refractivity contribution >= 4 is 11.0 Å². The molecule has 2 aromatic heterocycles. The van der Waals surface area contributed by atoms with Gasteiger partial charge < -0.3 is 4.57 Å². The van der Waals surface area contributed by atoms with Crippen molar-refractivity contribution in [2.45, 2.75) is 0 Å². The van der Waals surface area contributed by atoms with Crippen molar-refractivity contribution in [2.24, 2.45) is 7.05 Å². The van der Waals surface area contributed by atoms with E-state index in [9.17, 15) is 4.79 Å². The fourth-order valence-corrected chi connectivity index (χ4v) is 1.02. The summed E-state index contributed by atoms with van der Waals surface area (Å²) in [5.74, 6) is 0. The molecule has 5 nitrogen and oxygen atoms in total. The molecule has 2 heterocycles. The molecule has 0 N–H and O–H groups in total. The van der Waals surface area contributed by atoms with E-state index in [-0.39, 0.29) is 5.56 Å². The molecule has 2 rings (SSSR count). The average molecular weight is 162 g/mol. The van der Waals surface area contributed by atoms with Crippen LogP contribution in [0.1, 0.15) is 0 Å². The maximum Gasteiger partial charge on any atom is 0.282 e. The molecule has 12 heavy (non-hydrogen) atoms. The van der Waals surface area contributed by atoms with Crippen LogP contribution in [0.2, 0.25) is 0 Å². The van der Waals surface area contributed by atoms with Crippen LogP contribution in [0.25, 0.3) is 11.0 Å². The van der Waals surface area contributed by atoms with E-state index >= 15 is 0 Å². The summed E-state index contributed by atoms with van der Waals surface area (Å²) in [5.41, 5.74) is 0.288. The average Bonchev–Trinajstić information content (AvgIpc) is 2.12. The number of fused-ring (bicyclic) bond motifs is 1. The van der Waals surface area contributed by atoms with E-state index in [1.54, 1.807) is 17.7 Å². The summed E-state index contributed by atoms with van der Waals surface area (Å²) >= 11 is 0. The third kappa shape index (κ3) is 0.868. The Kier molecular flexibility index (Phi) is 1.36. The van der Waals surface area contributed by atoms with E-state index in [4.69, 9.17) is 0 Å². The highest BCUT2D eigenvalue weighted by atomic mass is 16.1. The van der Waals surface area contributed by atoms with Gasteiger partial charge in [-0.1, -0.05) is 0 Å². The largest absolute Gasteiger partial charge is 0.318 e. The van der Waals surface area contributed by atoms with Crippen LogP contribution in [0.4, 0.5) is 0 Å². The third-order valence-electron chi connectivity index (χ3n) is 1.61. The van der Waals surface area contributed by atoms with Crippen LogP contribution in [-0.4, -0.2) is 19.7 Å². The van der Waals surface area contributed by atoms with Gasteiger partial charge in [0.15, 0.2) is 5.65 Å². The first-order valence-electron chi connectivity index (χ1n) is 3.42. The SMILES string of the molecule is Cn1cnc(=O)c2ccnnc21. The number of nitrogens with zero attached hydrogens (tertiary/aromatic N) is 4. The Morgan fingerprint density at radius 2 is 2.33 bits per heavy atom. The summed E-state index contributed by atoms with van der Waals surface area (Å²) in [5, 5.41) is 7.99. The number of hydrogen-bond acceptors (Lipinski definition) is 4. The van der Waals surface area contributed by atoms with Crippen molar-refractivity contribution in [2.75, 3.05) is 0 Å². The Balaban J connectivity index is 3.05. The molecule has 0 amide bonds. The highest BCUT2D eigenvalue weighted by molar-refractivity contribution is 5.72. The Hall–Kier alpha value is -1.78. The van der Waals surface area contributed by atoms with Crippen molar-refractivity contribution in [1.82, 2.24) is 19.7 Å². The maximum atomic E-state index is 11.1. The van der Waals surface area contributed by atoms with Gasteiger partial charge in [0.25, 0.3) is 5.56 Å². The molecule has 0 aliphatic rings. The monoisotopic (exact) mass is 162 g/mol. The summed E-state index contributed by atoms with van der Waals surface area (Å²) in [4.78, 5) is 14.8. The fraction of sp³-hybridized carbons (Fsp3) is 0.143. The standard InChI is InChI=1S/C7H6N4O/c1-11-4-8-7(12)5-2-3-9-10-6(5)11/h2-4H,1H3. The number of rotatable bonds is 0. The van der Waals surface area contributed by atoms with Crippen LogP contribution in [0, 0.1) is 0 Å². The van der Waals surface area contributed by atoms with Gasteiger partial charge in [0.1, 0.15) is 6.33 Å². The minimum Gasteiger partial charge on any atom is -0.318 e. The first kappa shape index (κ1) is 6.90. The highest BCUT2D eigenvalue weighted by Gasteiger charge is 2.00. The van der Waals surface area contributed by atoms with Gasteiger partial charge >= 0.3 is 0 Å². The molecule has 0 spiro atoms. The Morgan fingerprint density at radius 3 is 3.08 bits per heavy atom. The van der Waals surface area contributed by atoms with Crippen LogP contribution >= 0.6 is 0 Å². The lowest BCUT2D eigenvalue weighted by atomic mass is 10.4. The van der Waals surface area contributed by atoms with Gasteiger partial charge in [-0.2, -0.15) is 10.1 Å². The lowest BCUT2D eigenvalue weighted by Crippen LogP contribution is -2.11. The quantitative estimate of drug-likeness (QED) is 0.534. The molecule has 60 valence electrons. The molecule has 5 heteroatoms. The molecule has 0 saturated heterocycles. The zero-order valence-electron chi connectivity index (χ0n) is 6.43. The zero-order chi connectivity index (χ0) is 8.55. The van der Waals surface area contributed by atoms with Crippen molar-refractivity contribution in [3.8, 4) is 0 Å². The topological polar surface area (TPSA) is 60.7 Å². The first-order valence-corrected chi connectivity index (χ1v) is 3.42. The van der Waals surface area contributed by atoms with Gasteiger partial charge in [0.05, 0.1) is 11.6 Å². The zero-order valence-corrected chi connectivity index (χ0v) is 6.43. The molecule has 0 aliphatic heterocycles. The predicted octanol–water partition coefficient (Wildman–Crippen LogP) is -0.276. The lowest BCUT2D eigenvalue weighted by molar-refractivity contribution is 0.862. The van der Waals surface area contributed by atoms with E-state index in [0.717, 1.165) is 0 Å². The number of aromatic nitrogens is 4. The van der Waals surface area contributed by atoms with Gasteiger partial charge in [-0.25, -0.2) is 0 Å². The van der Waals surface area contributed by atoms with Crippen LogP contribution in [-0.2, 0) is 7.05 Å². The molecule has 0 atom stereocenters. The summed E-state index contributed by atoms with van der Waals surface area (Å²) < 4.78 is 1.66. The van der Waals surface area contributed by atoms with Crippen molar-refractivity contribution < 1.29 is 0 Å². The number of hydrogen-bond donors (Lipinski definition) is 0. The van der Waals surface area contributed by atoms with Crippen LogP contribution in [0.5, 0.6) is 0 Å². The van der Waals surface area contributed by atoms with E-state index in [2.05, 4.69) is 15.2 Å². The van der Waals surface area contributed by atoms with Gasteiger partial charge in [-0.05, 0) is 6.07 Å². The molecule has 0 saturated carbocycles. The lowest BCUT2D eigenvalue weighted by Gasteiger charge is -1.98. The van der Waals surface area contributed by atoms with Gasteiger partial charge in [0, 0.05) is 7.05 Å². The van der Waals surface area contributed by atoms with Crippen LogP contribution in [0.3, 0.4) is 0 Å². The molecule has 0 bridgehead atoms. The van der Waals surface area contributed by atoms with E-state index in [0.29, 0.717) is 11.0 Å². The molecular weight excluding hydrogens is 156 g/mol. The molecule has 0 fully saturated rings. The molecule has 0 aliphatic carbocycles.